The SMILES string of the molecule is Cc1cccc(OCC(=O)N(Cc2ccccn2)c2nc3ccc(C)cc3s2)c1. The van der Waals surface area contributed by atoms with E-state index in [1.54, 1.807) is 11.1 Å². The maximum absolute atomic E-state index is 13.1. The lowest BCUT2D eigenvalue weighted by atomic mass is 10.2. The van der Waals surface area contributed by atoms with Gasteiger partial charge in [-0.2, -0.15) is 0 Å². The van der Waals surface area contributed by atoms with E-state index in [0.717, 1.165) is 27.0 Å². The number of benzene rings is 2. The first-order chi connectivity index (χ1) is 14.1. The Labute approximate surface area is 173 Å². The Morgan fingerprint density at radius 1 is 1.03 bits per heavy atom. The third-order valence-electron chi connectivity index (χ3n) is 4.46. The van der Waals surface area contributed by atoms with Gasteiger partial charge in [-0.05, 0) is 61.4 Å². The summed E-state index contributed by atoms with van der Waals surface area (Å²) in [6, 6.07) is 19.4. The molecule has 0 fully saturated rings. The van der Waals surface area contributed by atoms with Gasteiger partial charge in [-0.25, -0.2) is 4.98 Å². The third-order valence-corrected chi connectivity index (χ3v) is 5.50. The highest BCUT2D eigenvalue weighted by Crippen LogP contribution is 2.30. The van der Waals surface area contributed by atoms with E-state index in [4.69, 9.17) is 4.74 Å². The van der Waals surface area contributed by atoms with Crippen LogP contribution in [0.4, 0.5) is 5.13 Å². The largest absolute Gasteiger partial charge is 0.484 e. The highest BCUT2D eigenvalue weighted by Gasteiger charge is 2.21. The molecule has 0 aliphatic carbocycles. The minimum atomic E-state index is -0.159. The monoisotopic (exact) mass is 403 g/mol. The van der Waals surface area contributed by atoms with Crippen LogP contribution in [0.1, 0.15) is 16.8 Å². The topological polar surface area (TPSA) is 55.3 Å². The second-order valence-electron chi connectivity index (χ2n) is 6.87. The van der Waals surface area contributed by atoms with Crippen LogP contribution in [0.5, 0.6) is 5.75 Å². The number of amides is 1. The van der Waals surface area contributed by atoms with Crippen LogP contribution < -0.4 is 9.64 Å². The summed E-state index contributed by atoms with van der Waals surface area (Å²) >= 11 is 1.50. The maximum Gasteiger partial charge on any atom is 0.267 e. The molecular weight excluding hydrogens is 382 g/mol. The number of aromatic nitrogens is 2. The fourth-order valence-electron chi connectivity index (χ4n) is 2.98. The molecule has 0 atom stereocenters. The minimum absolute atomic E-state index is 0.0642. The van der Waals surface area contributed by atoms with Crippen LogP contribution in [-0.4, -0.2) is 22.5 Å². The summed E-state index contributed by atoms with van der Waals surface area (Å²) in [5, 5.41) is 0.647. The molecule has 0 unspecified atom stereocenters. The number of hydrogen-bond donors (Lipinski definition) is 0. The second-order valence-corrected chi connectivity index (χ2v) is 7.88. The first-order valence-corrected chi connectivity index (χ1v) is 10.2. The van der Waals surface area contributed by atoms with Crippen LogP contribution in [-0.2, 0) is 11.3 Å². The van der Waals surface area contributed by atoms with Crippen molar-refractivity contribution in [3.05, 3.63) is 83.7 Å². The van der Waals surface area contributed by atoms with Crippen molar-refractivity contribution >= 4 is 32.6 Å². The van der Waals surface area contributed by atoms with Crippen LogP contribution in [0.3, 0.4) is 0 Å². The molecule has 4 aromatic rings. The number of carbonyl (C=O) groups excluding carboxylic acids is 1. The summed E-state index contributed by atoms with van der Waals surface area (Å²) < 4.78 is 6.80. The molecule has 2 aromatic carbocycles. The zero-order chi connectivity index (χ0) is 20.2. The lowest BCUT2D eigenvalue weighted by molar-refractivity contribution is -0.120. The Balaban J connectivity index is 1.60. The van der Waals surface area contributed by atoms with Crippen LogP contribution >= 0.6 is 11.3 Å². The maximum atomic E-state index is 13.1. The number of rotatable bonds is 6. The van der Waals surface area contributed by atoms with E-state index >= 15 is 0 Å². The summed E-state index contributed by atoms with van der Waals surface area (Å²) in [6.07, 6.45) is 1.73. The summed E-state index contributed by atoms with van der Waals surface area (Å²) in [4.78, 5) is 23.8. The van der Waals surface area contributed by atoms with Gasteiger partial charge in [0.15, 0.2) is 11.7 Å². The number of hydrogen-bond acceptors (Lipinski definition) is 5. The average Bonchev–Trinajstić information content (AvgIpc) is 3.14. The highest BCUT2D eigenvalue weighted by molar-refractivity contribution is 7.22. The zero-order valence-corrected chi connectivity index (χ0v) is 17.1. The molecule has 146 valence electrons. The lowest BCUT2D eigenvalue weighted by Gasteiger charge is -2.19. The molecule has 2 aromatic heterocycles. The normalized spacial score (nSPS) is 10.8. The molecule has 0 radical (unpaired) electrons. The van der Waals surface area contributed by atoms with Crippen molar-refractivity contribution in [1.82, 2.24) is 9.97 Å². The van der Waals surface area contributed by atoms with E-state index in [1.807, 2.05) is 68.4 Å². The van der Waals surface area contributed by atoms with Gasteiger partial charge in [0.1, 0.15) is 5.75 Å². The number of ether oxygens (including phenoxy) is 1. The summed E-state index contributed by atoms with van der Waals surface area (Å²) in [5.41, 5.74) is 3.93. The van der Waals surface area contributed by atoms with Crippen molar-refractivity contribution < 1.29 is 9.53 Å². The predicted molar refractivity (Wildman–Crippen MR) is 116 cm³/mol. The van der Waals surface area contributed by atoms with Gasteiger partial charge >= 0.3 is 0 Å². The summed E-state index contributed by atoms with van der Waals surface area (Å²) in [5.74, 6) is 0.518. The molecule has 0 N–H and O–H groups in total. The predicted octanol–water partition coefficient (Wildman–Crippen LogP) is 4.92. The quantitative estimate of drug-likeness (QED) is 0.458. The number of thiazole rings is 1. The van der Waals surface area contributed by atoms with Crippen molar-refractivity contribution in [3.63, 3.8) is 0 Å². The number of nitrogens with zero attached hydrogens (tertiary/aromatic N) is 3. The number of carbonyl (C=O) groups is 1. The third kappa shape index (κ3) is 4.60. The fraction of sp³-hybridized carbons (Fsp3) is 0.174. The lowest BCUT2D eigenvalue weighted by Crippen LogP contribution is -2.34. The molecule has 2 heterocycles. The van der Waals surface area contributed by atoms with Gasteiger partial charge < -0.3 is 4.74 Å². The Hall–Kier alpha value is -3.25. The van der Waals surface area contributed by atoms with E-state index in [9.17, 15) is 4.79 Å². The van der Waals surface area contributed by atoms with Crippen molar-refractivity contribution in [2.75, 3.05) is 11.5 Å². The number of anilines is 1. The first kappa shape index (κ1) is 19.1. The molecule has 6 heteroatoms. The van der Waals surface area contributed by atoms with E-state index in [0.29, 0.717) is 17.4 Å². The van der Waals surface area contributed by atoms with Crippen LogP contribution in [0, 0.1) is 13.8 Å². The molecular formula is C23H21N3O2S. The van der Waals surface area contributed by atoms with Crippen molar-refractivity contribution in [2.45, 2.75) is 20.4 Å². The second kappa shape index (κ2) is 8.41. The standard InChI is InChI=1S/C23H21N3O2S/c1-16-6-5-8-19(12-16)28-15-22(27)26(14-18-7-3-4-11-24-18)23-25-20-10-9-17(2)13-21(20)29-23/h3-13H,14-15H2,1-2H3. The van der Waals surface area contributed by atoms with Crippen molar-refractivity contribution in [3.8, 4) is 5.75 Å². The van der Waals surface area contributed by atoms with E-state index in [-0.39, 0.29) is 12.5 Å². The van der Waals surface area contributed by atoms with E-state index in [2.05, 4.69) is 16.0 Å². The number of fused-ring (bicyclic) bond motifs is 1. The van der Waals surface area contributed by atoms with E-state index < -0.39 is 0 Å². The summed E-state index contributed by atoms with van der Waals surface area (Å²) in [7, 11) is 0. The van der Waals surface area contributed by atoms with Gasteiger partial charge in [0.2, 0.25) is 0 Å². The smallest absolute Gasteiger partial charge is 0.267 e. The van der Waals surface area contributed by atoms with Crippen LogP contribution in [0.25, 0.3) is 10.2 Å². The minimum Gasteiger partial charge on any atom is -0.484 e. The van der Waals surface area contributed by atoms with Crippen molar-refractivity contribution in [1.29, 1.82) is 0 Å². The molecule has 0 aliphatic rings. The van der Waals surface area contributed by atoms with Gasteiger partial charge in [-0.15, -0.1) is 0 Å². The van der Waals surface area contributed by atoms with Gasteiger partial charge in [0.25, 0.3) is 5.91 Å². The Morgan fingerprint density at radius 2 is 1.90 bits per heavy atom. The van der Waals surface area contributed by atoms with Gasteiger partial charge in [-0.1, -0.05) is 35.6 Å². The fourth-order valence-corrected chi connectivity index (χ4v) is 4.06. The van der Waals surface area contributed by atoms with Gasteiger partial charge in [-0.3, -0.25) is 14.7 Å². The number of aryl methyl sites for hydroxylation is 2. The van der Waals surface area contributed by atoms with Gasteiger partial charge in [0, 0.05) is 6.20 Å². The zero-order valence-electron chi connectivity index (χ0n) is 16.3. The number of pyridine rings is 1. The molecule has 0 aliphatic heterocycles. The molecule has 4 rings (SSSR count). The molecule has 0 saturated heterocycles. The van der Waals surface area contributed by atoms with Crippen LogP contribution in [0.15, 0.2) is 66.9 Å². The molecule has 1 amide bonds. The summed E-state index contributed by atoms with van der Waals surface area (Å²) in [6.45, 7) is 4.32. The Kier molecular flexibility index (Phi) is 5.53. The molecule has 0 saturated carbocycles. The molecule has 0 bridgehead atoms. The van der Waals surface area contributed by atoms with Crippen LogP contribution in [0.2, 0.25) is 0 Å². The van der Waals surface area contributed by atoms with E-state index in [1.165, 1.54) is 11.3 Å². The molecule has 0 spiro atoms. The first-order valence-electron chi connectivity index (χ1n) is 9.35. The van der Waals surface area contributed by atoms with Crippen molar-refractivity contribution in [2.24, 2.45) is 0 Å². The average molecular weight is 404 g/mol. The Morgan fingerprint density at radius 3 is 2.69 bits per heavy atom. The highest BCUT2D eigenvalue weighted by atomic mass is 32.1. The molecule has 5 nitrogen and oxygen atoms in total. The molecule has 29 heavy (non-hydrogen) atoms. The van der Waals surface area contributed by atoms with Gasteiger partial charge in [0.05, 0.1) is 22.5 Å². The Bertz CT molecular complexity index is 1140.